The normalized spacial score (nSPS) is 13.5. The van der Waals surface area contributed by atoms with Crippen molar-refractivity contribution in [1.29, 1.82) is 0 Å². The number of hydrogen-bond acceptors (Lipinski definition) is 3. The summed E-state index contributed by atoms with van der Waals surface area (Å²) in [5.74, 6) is 0. The number of hydrogen-bond donors (Lipinski definition) is 1. The molecule has 4 heteroatoms. The molecule has 0 saturated heterocycles. The molecule has 1 heterocycles. The van der Waals surface area contributed by atoms with Gasteiger partial charge in [-0.2, -0.15) is 5.10 Å². The zero-order valence-corrected chi connectivity index (χ0v) is 9.14. The van der Waals surface area contributed by atoms with Crippen molar-refractivity contribution in [2.45, 2.75) is 18.9 Å². The summed E-state index contributed by atoms with van der Waals surface area (Å²) in [5.41, 5.74) is 0.957. The van der Waals surface area contributed by atoms with E-state index in [1.54, 1.807) is 4.68 Å². The monoisotopic (exact) mass is 197 g/mol. The summed E-state index contributed by atoms with van der Waals surface area (Å²) < 4.78 is 1.76. The van der Waals surface area contributed by atoms with Gasteiger partial charge in [-0.25, -0.2) is 0 Å². The van der Waals surface area contributed by atoms with Gasteiger partial charge >= 0.3 is 0 Å². The lowest BCUT2D eigenvalue weighted by atomic mass is 10.1. The molecular formula is C10H19N3O. The molecule has 0 bridgehead atoms. The van der Waals surface area contributed by atoms with Crippen molar-refractivity contribution in [3.63, 3.8) is 0 Å². The van der Waals surface area contributed by atoms with E-state index in [1.807, 2.05) is 33.4 Å². The molecule has 0 aliphatic carbocycles. The molecule has 0 radical (unpaired) electrons. The summed E-state index contributed by atoms with van der Waals surface area (Å²) >= 11 is 0. The van der Waals surface area contributed by atoms with Crippen LogP contribution >= 0.6 is 0 Å². The van der Waals surface area contributed by atoms with Crippen LogP contribution in [0.4, 0.5) is 0 Å². The molecular weight excluding hydrogens is 178 g/mol. The number of nitrogens with zero attached hydrogens (tertiary/aromatic N) is 3. The highest BCUT2D eigenvalue weighted by Gasteiger charge is 2.07. The van der Waals surface area contributed by atoms with Crippen LogP contribution in [-0.2, 0) is 13.5 Å². The van der Waals surface area contributed by atoms with E-state index in [9.17, 15) is 5.11 Å². The van der Waals surface area contributed by atoms with E-state index in [4.69, 9.17) is 0 Å². The van der Waals surface area contributed by atoms with Crippen LogP contribution in [0.1, 0.15) is 12.1 Å². The second kappa shape index (κ2) is 5.12. The molecule has 1 unspecified atom stereocenters. The largest absolute Gasteiger partial charge is 0.393 e. The van der Waals surface area contributed by atoms with Crippen LogP contribution in [0, 0.1) is 0 Å². The Morgan fingerprint density at radius 3 is 2.79 bits per heavy atom. The fourth-order valence-electron chi connectivity index (χ4n) is 1.32. The van der Waals surface area contributed by atoms with E-state index in [-0.39, 0.29) is 6.10 Å². The van der Waals surface area contributed by atoms with Crippen LogP contribution in [-0.4, -0.2) is 46.5 Å². The molecule has 0 aliphatic heterocycles. The van der Waals surface area contributed by atoms with Gasteiger partial charge in [0.2, 0.25) is 0 Å². The molecule has 1 rings (SSSR count). The van der Waals surface area contributed by atoms with E-state index < -0.39 is 0 Å². The van der Waals surface area contributed by atoms with Gasteiger partial charge in [0, 0.05) is 19.7 Å². The molecule has 0 fully saturated rings. The third-order valence-corrected chi connectivity index (χ3v) is 2.12. The molecule has 0 aromatic carbocycles. The maximum atomic E-state index is 9.68. The first-order valence-electron chi connectivity index (χ1n) is 4.89. The maximum absolute atomic E-state index is 9.68. The molecule has 1 atom stereocenters. The highest BCUT2D eigenvalue weighted by Crippen LogP contribution is 2.03. The van der Waals surface area contributed by atoms with Crippen LogP contribution < -0.4 is 0 Å². The van der Waals surface area contributed by atoms with Crippen molar-refractivity contribution >= 4 is 0 Å². The highest BCUT2D eigenvalue weighted by molar-refractivity contribution is 5.00. The molecule has 0 saturated carbocycles. The molecule has 1 aromatic rings. The Labute approximate surface area is 85.1 Å². The van der Waals surface area contributed by atoms with E-state index >= 15 is 0 Å². The second-order valence-electron chi connectivity index (χ2n) is 3.93. The topological polar surface area (TPSA) is 41.3 Å². The third kappa shape index (κ3) is 3.89. The minimum absolute atomic E-state index is 0.285. The van der Waals surface area contributed by atoms with Gasteiger partial charge in [0.25, 0.3) is 0 Å². The summed E-state index contributed by atoms with van der Waals surface area (Å²) in [5, 5.41) is 13.9. The Morgan fingerprint density at radius 2 is 2.29 bits per heavy atom. The average Bonchev–Trinajstić information content (AvgIpc) is 2.48. The quantitative estimate of drug-likeness (QED) is 0.737. The fourth-order valence-corrected chi connectivity index (χ4v) is 1.32. The first-order valence-corrected chi connectivity index (χ1v) is 4.89. The minimum Gasteiger partial charge on any atom is -0.393 e. The van der Waals surface area contributed by atoms with Crippen molar-refractivity contribution in [3.05, 3.63) is 18.0 Å². The summed E-state index contributed by atoms with van der Waals surface area (Å²) in [7, 11) is 5.90. The fraction of sp³-hybridized carbons (Fsp3) is 0.700. The maximum Gasteiger partial charge on any atom is 0.0650 e. The van der Waals surface area contributed by atoms with Crippen LogP contribution in [0.25, 0.3) is 0 Å². The zero-order chi connectivity index (χ0) is 10.6. The first kappa shape index (κ1) is 11.2. The lowest BCUT2D eigenvalue weighted by Gasteiger charge is -2.13. The summed E-state index contributed by atoms with van der Waals surface area (Å²) in [6, 6.07) is 1.94. The van der Waals surface area contributed by atoms with Gasteiger partial charge in [0.15, 0.2) is 0 Å². The van der Waals surface area contributed by atoms with Gasteiger partial charge in [-0.05, 0) is 33.1 Å². The minimum atomic E-state index is -0.285. The second-order valence-corrected chi connectivity index (χ2v) is 3.93. The van der Waals surface area contributed by atoms with Crippen molar-refractivity contribution in [1.82, 2.24) is 14.7 Å². The van der Waals surface area contributed by atoms with E-state index in [0.717, 1.165) is 18.7 Å². The molecule has 0 amide bonds. The predicted molar refractivity (Wildman–Crippen MR) is 56.1 cm³/mol. The molecule has 1 N–H and O–H groups in total. The zero-order valence-electron chi connectivity index (χ0n) is 9.14. The van der Waals surface area contributed by atoms with Crippen LogP contribution in [0.3, 0.4) is 0 Å². The van der Waals surface area contributed by atoms with E-state index in [1.165, 1.54) is 0 Å². The molecule has 1 aromatic heterocycles. The summed E-state index contributed by atoms with van der Waals surface area (Å²) in [6.07, 6.45) is 3.05. The summed E-state index contributed by atoms with van der Waals surface area (Å²) in [4.78, 5) is 2.07. The van der Waals surface area contributed by atoms with Gasteiger partial charge < -0.3 is 10.0 Å². The van der Waals surface area contributed by atoms with Crippen LogP contribution in [0.15, 0.2) is 12.3 Å². The van der Waals surface area contributed by atoms with E-state index in [2.05, 4.69) is 10.00 Å². The highest BCUT2D eigenvalue weighted by atomic mass is 16.3. The third-order valence-electron chi connectivity index (χ3n) is 2.12. The lowest BCUT2D eigenvalue weighted by molar-refractivity contribution is 0.151. The Balaban J connectivity index is 2.30. The lowest BCUT2D eigenvalue weighted by Crippen LogP contribution is -2.21. The number of rotatable bonds is 5. The molecule has 0 aliphatic rings. The van der Waals surface area contributed by atoms with Crippen molar-refractivity contribution in [3.8, 4) is 0 Å². The molecule has 14 heavy (non-hydrogen) atoms. The van der Waals surface area contributed by atoms with Crippen molar-refractivity contribution in [2.75, 3.05) is 20.6 Å². The van der Waals surface area contributed by atoms with E-state index in [0.29, 0.717) is 6.42 Å². The van der Waals surface area contributed by atoms with Crippen LogP contribution in [0.5, 0.6) is 0 Å². The summed E-state index contributed by atoms with van der Waals surface area (Å²) in [6.45, 7) is 0.911. The first-order chi connectivity index (χ1) is 6.58. The van der Waals surface area contributed by atoms with Gasteiger partial charge in [-0.1, -0.05) is 0 Å². The molecule has 0 spiro atoms. The standard InChI is InChI=1S/C10H19N3O/c1-12(2)6-5-10(14)8-9-4-7-13(3)11-9/h4,7,10,14H,5-6,8H2,1-3H3. The van der Waals surface area contributed by atoms with Gasteiger partial charge in [-0.15, -0.1) is 0 Å². The van der Waals surface area contributed by atoms with Gasteiger partial charge in [-0.3, -0.25) is 4.68 Å². The van der Waals surface area contributed by atoms with Crippen LogP contribution in [0.2, 0.25) is 0 Å². The van der Waals surface area contributed by atoms with Crippen molar-refractivity contribution < 1.29 is 5.11 Å². The Bertz CT molecular complexity index is 270. The molecule has 4 nitrogen and oxygen atoms in total. The Morgan fingerprint density at radius 1 is 1.57 bits per heavy atom. The van der Waals surface area contributed by atoms with Gasteiger partial charge in [0.05, 0.1) is 11.8 Å². The van der Waals surface area contributed by atoms with Crippen molar-refractivity contribution in [2.24, 2.45) is 7.05 Å². The SMILES string of the molecule is CN(C)CCC(O)Cc1ccn(C)n1. The number of aromatic nitrogens is 2. The smallest absolute Gasteiger partial charge is 0.0650 e. The number of aliphatic hydroxyl groups is 1. The number of aliphatic hydroxyl groups excluding tert-OH is 1. The van der Waals surface area contributed by atoms with Gasteiger partial charge in [0.1, 0.15) is 0 Å². The Hall–Kier alpha value is -0.870. The molecule has 80 valence electrons. The Kier molecular flexibility index (Phi) is 4.10. The number of aryl methyl sites for hydroxylation is 1. The predicted octanol–water partition coefficient (Wildman–Crippen LogP) is 0.275. The average molecular weight is 197 g/mol.